The molecule has 1 fully saturated rings. The molecule has 0 aliphatic carbocycles. The molecule has 1 aliphatic heterocycles. The number of amides is 5. The van der Waals surface area contributed by atoms with E-state index in [0.29, 0.717) is 16.3 Å². The van der Waals surface area contributed by atoms with Crippen LogP contribution in [0.1, 0.15) is 29.8 Å². The fraction of sp³-hybridized carbons (Fsp3) is 0.158. The van der Waals surface area contributed by atoms with E-state index in [4.69, 9.17) is 0 Å². The zero-order valence-corrected chi connectivity index (χ0v) is 14.8. The van der Waals surface area contributed by atoms with Crippen molar-refractivity contribution in [3.05, 3.63) is 65.7 Å². The quantitative estimate of drug-likeness (QED) is 0.717. The van der Waals surface area contributed by atoms with Gasteiger partial charge in [0.15, 0.2) is 0 Å². The molecule has 0 radical (unpaired) electrons. The molecule has 1 heterocycles. The van der Waals surface area contributed by atoms with Gasteiger partial charge in [-0.3, -0.25) is 19.8 Å². The van der Waals surface area contributed by atoms with Crippen LogP contribution in [-0.2, 0) is 15.1 Å². The van der Waals surface area contributed by atoms with Crippen molar-refractivity contribution in [1.29, 1.82) is 0 Å². The van der Waals surface area contributed by atoms with Gasteiger partial charge in [-0.15, -0.1) is 0 Å². The van der Waals surface area contributed by atoms with Crippen LogP contribution in [0.25, 0.3) is 0 Å². The molecule has 8 heteroatoms. The highest BCUT2D eigenvalue weighted by Crippen LogP contribution is 2.27. The molecule has 2 aromatic rings. The van der Waals surface area contributed by atoms with Gasteiger partial charge in [0, 0.05) is 18.2 Å². The predicted octanol–water partition coefficient (Wildman–Crippen LogP) is 1.76. The number of nitrogens with zero attached hydrogens (tertiary/aromatic N) is 1. The molecule has 1 aliphatic rings. The third-order valence-electron chi connectivity index (χ3n) is 4.22. The Hall–Kier alpha value is -3.68. The monoisotopic (exact) mass is 366 g/mol. The molecule has 3 N–H and O–H groups in total. The van der Waals surface area contributed by atoms with Crippen molar-refractivity contribution < 1.29 is 19.2 Å². The van der Waals surface area contributed by atoms with E-state index in [1.54, 1.807) is 49.4 Å². The number of hydrogen-bond acceptors (Lipinski definition) is 4. The number of nitrogens with one attached hydrogen (secondary N) is 3. The van der Waals surface area contributed by atoms with Crippen LogP contribution in [0, 0.1) is 0 Å². The number of urea groups is 1. The molecule has 1 saturated heterocycles. The fourth-order valence-corrected chi connectivity index (χ4v) is 2.78. The summed E-state index contributed by atoms with van der Waals surface area (Å²) in [6, 6.07) is 14.1. The van der Waals surface area contributed by atoms with Crippen LogP contribution in [0.2, 0.25) is 0 Å². The first kappa shape index (κ1) is 18.1. The number of hydrogen-bond donors (Lipinski definition) is 3. The molecule has 0 aromatic heterocycles. The Kier molecular flexibility index (Phi) is 4.64. The van der Waals surface area contributed by atoms with Gasteiger partial charge in [-0.1, -0.05) is 30.3 Å². The number of benzene rings is 2. The second kappa shape index (κ2) is 6.91. The van der Waals surface area contributed by atoms with Crippen LogP contribution < -0.4 is 16.1 Å². The highest BCUT2D eigenvalue weighted by atomic mass is 16.2. The lowest BCUT2D eigenvalue weighted by molar-refractivity contribution is -0.132. The maximum Gasteiger partial charge on any atom is 0.344 e. The van der Waals surface area contributed by atoms with E-state index in [2.05, 4.69) is 16.1 Å². The van der Waals surface area contributed by atoms with E-state index >= 15 is 0 Å². The molecule has 0 bridgehead atoms. The van der Waals surface area contributed by atoms with E-state index in [0.717, 1.165) is 0 Å². The van der Waals surface area contributed by atoms with Crippen molar-refractivity contribution in [2.75, 3.05) is 5.32 Å². The van der Waals surface area contributed by atoms with Crippen LogP contribution in [0.4, 0.5) is 10.5 Å². The van der Waals surface area contributed by atoms with Crippen molar-refractivity contribution in [2.24, 2.45) is 0 Å². The minimum atomic E-state index is -1.26. The van der Waals surface area contributed by atoms with Crippen LogP contribution in [0.5, 0.6) is 0 Å². The molecule has 0 unspecified atom stereocenters. The lowest BCUT2D eigenvalue weighted by Crippen LogP contribution is -2.47. The van der Waals surface area contributed by atoms with Crippen molar-refractivity contribution in [1.82, 2.24) is 15.8 Å². The molecule has 0 spiro atoms. The first-order chi connectivity index (χ1) is 12.8. The van der Waals surface area contributed by atoms with E-state index in [-0.39, 0.29) is 11.5 Å². The van der Waals surface area contributed by atoms with Gasteiger partial charge in [0.2, 0.25) is 5.91 Å². The summed E-state index contributed by atoms with van der Waals surface area (Å²) in [7, 11) is 0. The number of rotatable bonds is 4. The van der Waals surface area contributed by atoms with Crippen molar-refractivity contribution in [3.8, 4) is 0 Å². The number of carbonyl (C=O) groups excluding carboxylic acids is 4. The largest absolute Gasteiger partial charge is 0.344 e. The Balaban J connectivity index is 1.75. The summed E-state index contributed by atoms with van der Waals surface area (Å²) < 4.78 is 0. The SMILES string of the molecule is CC(=O)Nc1ccc(C(=O)NN2C(=O)N[C@](C)(c3ccccc3)C2=O)cc1. The van der Waals surface area contributed by atoms with Crippen LogP contribution in [0.15, 0.2) is 54.6 Å². The minimum Gasteiger partial charge on any atom is -0.326 e. The molecule has 0 saturated carbocycles. The van der Waals surface area contributed by atoms with E-state index in [1.807, 2.05) is 0 Å². The second-order valence-corrected chi connectivity index (χ2v) is 6.26. The summed E-state index contributed by atoms with van der Waals surface area (Å²) in [5.41, 5.74) is 2.44. The average molecular weight is 366 g/mol. The van der Waals surface area contributed by atoms with Crippen molar-refractivity contribution in [2.45, 2.75) is 19.4 Å². The second-order valence-electron chi connectivity index (χ2n) is 6.26. The van der Waals surface area contributed by atoms with Crippen LogP contribution >= 0.6 is 0 Å². The number of hydrazine groups is 1. The van der Waals surface area contributed by atoms with Crippen molar-refractivity contribution >= 4 is 29.4 Å². The van der Waals surface area contributed by atoms with Gasteiger partial charge < -0.3 is 10.6 Å². The van der Waals surface area contributed by atoms with Gasteiger partial charge in [-0.05, 0) is 36.8 Å². The van der Waals surface area contributed by atoms with Gasteiger partial charge in [0.25, 0.3) is 11.8 Å². The predicted molar refractivity (Wildman–Crippen MR) is 97.4 cm³/mol. The first-order valence-electron chi connectivity index (χ1n) is 8.22. The van der Waals surface area contributed by atoms with Gasteiger partial charge in [-0.2, -0.15) is 5.01 Å². The average Bonchev–Trinajstić information content (AvgIpc) is 2.86. The number of carbonyl (C=O) groups is 4. The van der Waals surface area contributed by atoms with E-state index < -0.39 is 23.4 Å². The molecular formula is C19H18N4O4. The fourth-order valence-electron chi connectivity index (χ4n) is 2.78. The zero-order valence-electron chi connectivity index (χ0n) is 14.8. The Morgan fingerprint density at radius 1 is 1.00 bits per heavy atom. The first-order valence-corrected chi connectivity index (χ1v) is 8.22. The van der Waals surface area contributed by atoms with Crippen molar-refractivity contribution in [3.63, 3.8) is 0 Å². The van der Waals surface area contributed by atoms with Crippen LogP contribution in [-0.4, -0.2) is 28.8 Å². The summed E-state index contributed by atoms with van der Waals surface area (Å²) >= 11 is 0. The molecule has 27 heavy (non-hydrogen) atoms. The molecule has 2 aromatic carbocycles. The minimum absolute atomic E-state index is 0.230. The third kappa shape index (κ3) is 3.50. The van der Waals surface area contributed by atoms with Crippen LogP contribution in [0.3, 0.4) is 0 Å². The summed E-state index contributed by atoms with van der Waals surface area (Å²) in [5, 5.41) is 5.87. The van der Waals surface area contributed by atoms with Gasteiger partial charge >= 0.3 is 6.03 Å². The summed E-state index contributed by atoms with van der Waals surface area (Å²) in [6.45, 7) is 2.96. The molecular weight excluding hydrogens is 348 g/mol. The Morgan fingerprint density at radius 2 is 1.63 bits per heavy atom. The Morgan fingerprint density at radius 3 is 2.22 bits per heavy atom. The highest BCUT2D eigenvalue weighted by Gasteiger charge is 2.50. The number of imide groups is 1. The van der Waals surface area contributed by atoms with Gasteiger partial charge in [0.05, 0.1) is 0 Å². The molecule has 138 valence electrons. The van der Waals surface area contributed by atoms with Gasteiger partial charge in [-0.25, -0.2) is 4.79 Å². The molecule has 5 amide bonds. The highest BCUT2D eigenvalue weighted by molar-refractivity contribution is 6.09. The van der Waals surface area contributed by atoms with E-state index in [1.165, 1.54) is 19.1 Å². The Bertz CT molecular complexity index is 911. The molecule has 1 atom stereocenters. The summed E-state index contributed by atoms with van der Waals surface area (Å²) in [6.07, 6.45) is 0. The normalized spacial score (nSPS) is 18.8. The molecule has 8 nitrogen and oxygen atoms in total. The Labute approximate surface area is 155 Å². The maximum absolute atomic E-state index is 12.8. The maximum atomic E-state index is 12.8. The summed E-state index contributed by atoms with van der Waals surface area (Å²) in [5.74, 6) is -1.43. The van der Waals surface area contributed by atoms with Gasteiger partial charge in [0.1, 0.15) is 5.54 Å². The number of anilines is 1. The zero-order chi connectivity index (χ0) is 19.6. The van der Waals surface area contributed by atoms with E-state index in [9.17, 15) is 19.2 Å². The lowest BCUT2D eigenvalue weighted by atomic mass is 9.92. The molecule has 3 rings (SSSR count). The standard InChI is InChI=1S/C19H18N4O4/c1-12(24)20-15-10-8-13(9-11-15)16(25)22-23-17(26)19(2,21-18(23)27)14-6-4-3-5-7-14/h3-11H,1-2H3,(H,20,24)(H,21,27)(H,22,25)/t19-/m1/s1. The topological polar surface area (TPSA) is 108 Å². The summed E-state index contributed by atoms with van der Waals surface area (Å²) in [4.78, 5) is 48.4. The third-order valence-corrected chi connectivity index (χ3v) is 4.22. The smallest absolute Gasteiger partial charge is 0.326 e. The lowest BCUT2D eigenvalue weighted by Gasteiger charge is -2.22.